The largest absolute Gasteiger partial charge is 0.494 e. The van der Waals surface area contributed by atoms with Crippen molar-refractivity contribution in [2.24, 2.45) is 0 Å². The van der Waals surface area contributed by atoms with Gasteiger partial charge in [0, 0.05) is 10.8 Å². The summed E-state index contributed by atoms with van der Waals surface area (Å²) in [6, 6.07) is 0. The summed E-state index contributed by atoms with van der Waals surface area (Å²) in [6.45, 7) is 12.5. The number of oxazole rings is 2. The smallest absolute Gasteiger partial charge is 0.246 e. The van der Waals surface area contributed by atoms with Crippen LogP contribution in [-0.2, 0) is 10.8 Å². The SMILES string of the molecule is COc1c(I)c(-c2nc(C(C)(C)C)co2)nc(-c2nc(C(C)(C)C)co2)c1I. The van der Waals surface area contributed by atoms with Gasteiger partial charge >= 0.3 is 0 Å². The fraction of sp³-hybridized carbons (Fsp3) is 0.450. The van der Waals surface area contributed by atoms with E-state index in [4.69, 9.17) is 18.6 Å². The number of ether oxygens (including phenoxy) is 1. The van der Waals surface area contributed by atoms with Crippen molar-refractivity contribution >= 4 is 45.2 Å². The van der Waals surface area contributed by atoms with E-state index in [0.717, 1.165) is 18.5 Å². The third kappa shape index (κ3) is 4.07. The highest BCUT2D eigenvalue weighted by Crippen LogP contribution is 2.40. The number of aromatic nitrogens is 3. The Balaban J connectivity index is 2.19. The van der Waals surface area contributed by atoms with Crippen molar-refractivity contribution in [1.29, 1.82) is 0 Å². The highest BCUT2D eigenvalue weighted by molar-refractivity contribution is 14.1. The fourth-order valence-electron chi connectivity index (χ4n) is 2.44. The summed E-state index contributed by atoms with van der Waals surface area (Å²) >= 11 is 4.42. The molecule has 0 radical (unpaired) electrons. The molecule has 0 atom stereocenters. The number of nitrogens with zero attached hydrogens (tertiary/aromatic N) is 3. The van der Waals surface area contributed by atoms with Gasteiger partial charge in [-0.2, -0.15) is 0 Å². The molecule has 0 saturated heterocycles. The number of pyridine rings is 1. The van der Waals surface area contributed by atoms with E-state index in [0.29, 0.717) is 28.9 Å². The minimum absolute atomic E-state index is 0.118. The van der Waals surface area contributed by atoms with Gasteiger partial charge < -0.3 is 13.6 Å². The zero-order chi connectivity index (χ0) is 20.9. The Morgan fingerprint density at radius 2 is 1.14 bits per heavy atom. The Morgan fingerprint density at radius 1 is 0.750 bits per heavy atom. The van der Waals surface area contributed by atoms with Crippen LogP contribution in [0.1, 0.15) is 52.9 Å². The maximum absolute atomic E-state index is 5.76. The van der Waals surface area contributed by atoms with Crippen LogP contribution in [0.25, 0.3) is 23.2 Å². The minimum atomic E-state index is -0.118. The maximum atomic E-state index is 5.76. The molecule has 0 amide bonds. The molecule has 0 aliphatic heterocycles. The molecule has 6 nitrogen and oxygen atoms in total. The first kappa shape index (κ1) is 21.5. The molecule has 3 aromatic rings. The van der Waals surface area contributed by atoms with Crippen LogP contribution < -0.4 is 4.74 Å². The van der Waals surface area contributed by atoms with Crippen LogP contribution in [0.15, 0.2) is 21.4 Å². The molecule has 0 N–H and O–H groups in total. The molecule has 0 bridgehead atoms. The molecular weight excluding hydrogens is 584 g/mol. The molecular formula is C20H23I2N3O3. The molecule has 8 heteroatoms. The number of rotatable bonds is 3. The van der Waals surface area contributed by atoms with E-state index in [9.17, 15) is 0 Å². The third-order valence-corrected chi connectivity index (χ3v) is 6.19. The van der Waals surface area contributed by atoms with Crippen LogP contribution in [0.4, 0.5) is 0 Å². The van der Waals surface area contributed by atoms with E-state index in [2.05, 4.69) is 96.7 Å². The Kier molecular flexibility index (Phi) is 5.83. The van der Waals surface area contributed by atoms with Crippen molar-refractivity contribution in [3.63, 3.8) is 0 Å². The highest BCUT2D eigenvalue weighted by Gasteiger charge is 2.27. The Bertz CT molecular complexity index is 934. The van der Waals surface area contributed by atoms with E-state index in [1.807, 2.05) is 0 Å². The standard InChI is InChI=1S/C20H23I2N3O3/c1-19(2,3)10-8-27-17(23-10)14-12(21)16(26-7)13(22)15(25-14)18-24-11(9-28-18)20(4,5)6/h8-9H,1-7H3. The van der Waals surface area contributed by atoms with Gasteiger partial charge in [-0.25, -0.2) is 15.0 Å². The molecule has 0 spiro atoms. The van der Waals surface area contributed by atoms with E-state index in [1.54, 1.807) is 19.6 Å². The molecule has 0 aromatic carbocycles. The summed E-state index contributed by atoms with van der Waals surface area (Å²) < 4.78 is 18.8. The molecule has 150 valence electrons. The lowest BCUT2D eigenvalue weighted by atomic mass is 9.93. The second kappa shape index (κ2) is 7.58. The summed E-state index contributed by atoms with van der Waals surface area (Å²) in [5.74, 6) is 1.60. The van der Waals surface area contributed by atoms with Crippen LogP contribution in [0, 0.1) is 7.14 Å². The summed E-state index contributed by atoms with van der Waals surface area (Å²) in [5.41, 5.74) is 2.72. The Labute approximate surface area is 192 Å². The van der Waals surface area contributed by atoms with Crippen LogP contribution >= 0.6 is 45.2 Å². The summed E-state index contributed by atoms with van der Waals surface area (Å²) in [7, 11) is 1.64. The van der Waals surface area contributed by atoms with Crippen molar-refractivity contribution in [3.05, 3.63) is 31.1 Å². The number of hydrogen-bond acceptors (Lipinski definition) is 6. The zero-order valence-corrected chi connectivity index (χ0v) is 21.3. The lowest BCUT2D eigenvalue weighted by Crippen LogP contribution is -2.11. The van der Waals surface area contributed by atoms with Crippen molar-refractivity contribution in [2.45, 2.75) is 52.4 Å². The van der Waals surface area contributed by atoms with Crippen molar-refractivity contribution in [2.75, 3.05) is 7.11 Å². The number of hydrogen-bond donors (Lipinski definition) is 0. The number of halogens is 2. The first-order chi connectivity index (χ1) is 12.9. The number of methoxy groups -OCH3 is 1. The van der Waals surface area contributed by atoms with Gasteiger partial charge in [0.05, 0.1) is 25.6 Å². The topological polar surface area (TPSA) is 74.2 Å². The quantitative estimate of drug-likeness (QED) is 0.330. The van der Waals surface area contributed by atoms with Gasteiger partial charge in [-0.05, 0) is 45.2 Å². The molecule has 0 saturated carbocycles. The Morgan fingerprint density at radius 3 is 1.43 bits per heavy atom. The summed E-state index contributed by atoms with van der Waals surface area (Å²) in [4.78, 5) is 14.1. The summed E-state index contributed by atoms with van der Waals surface area (Å²) in [6.07, 6.45) is 3.36. The van der Waals surface area contributed by atoms with Crippen LogP contribution in [0.3, 0.4) is 0 Å². The van der Waals surface area contributed by atoms with Gasteiger partial charge in [-0.15, -0.1) is 0 Å². The van der Waals surface area contributed by atoms with Crippen molar-refractivity contribution < 1.29 is 13.6 Å². The van der Waals surface area contributed by atoms with E-state index in [1.165, 1.54) is 0 Å². The van der Waals surface area contributed by atoms with Gasteiger partial charge in [0.1, 0.15) is 29.7 Å². The molecule has 3 heterocycles. The lowest BCUT2D eigenvalue weighted by Gasteiger charge is -2.14. The monoisotopic (exact) mass is 607 g/mol. The molecule has 28 heavy (non-hydrogen) atoms. The second-order valence-corrected chi connectivity index (χ2v) is 10.7. The molecule has 0 unspecified atom stereocenters. The summed E-state index contributed by atoms with van der Waals surface area (Å²) in [5, 5.41) is 0. The zero-order valence-electron chi connectivity index (χ0n) is 17.0. The molecule has 3 rings (SSSR count). The van der Waals surface area contributed by atoms with Crippen LogP contribution in [0.5, 0.6) is 5.75 Å². The maximum Gasteiger partial charge on any atom is 0.246 e. The normalized spacial score (nSPS) is 12.5. The van der Waals surface area contributed by atoms with E-state index >= 15 is 0 Å². The Hall–Kier alpha value is -1.17. The van der Waals surface area contributed by atoms with Gasteiger partial charge in [-0.3, -0.25) is 0 Å². The average Bonchev–Trinajstić information content (AvgIpc) is 3.24. The van der Waals surface area contributed by atoms with Crippen molar-refractivity contribution in [1.82, 2.24) is 15.0 Å². The van der Waals surface area contributed by atoms with E-state index in [-0.39, 0.29) is 10.8 Å². The molecule has 0 aliphatic carbocycles. The van der Waals surface area contributed by atoms with Gasteiger partial charge in [0.25, 0.3) is 0 Å². The average molecular weight is 607 g/mol. The first-order valence-electron chi connectivity index (χ1n) is 8.79. The van der Waals surface area contributed by atoms with Gasteiger partial charge in [-0.1, -0.05) is 41.5 Å². The molecule has 0 aliphatic rings. The predicted molar refractivity (Wildman–Crippen MR) is 125 cm³/mol. The third-order valence-electron chi connectivity index (χ3n) is 4.19. The molecule has 3 aromatic heterocycles. The second-order valence-electron chi connectivity index (χ2n) is 8.55. The van der Waals surface area contributed by atoms with Crippen LogP contribution in [-0.4, -0.2) is 22.1 Å². The van der Waals surface area contributed by atoms with Gasteiger partial charge in [0.15, 0.2) is 0 Å². The minimum Gasteiger partial charge on any atom is -0.494 e. The highest BCUT2D eigenvalue weighted by atomic mass is 127. The van der Waals surface area contributed by atoms with Crippen LogP contribution in [0.2, 0.25) is 0 Å². The molecule has 0 fully saturated rings. The van der Waals surface area contributed by atoms with Crippen molar-refractivity contribution in [3.8, 4) is 28.9 Å². The first-order valence-corrected chi connectivity index (χ1v) is 10.9. The fourth-order valence-corrected chi connectivity index (χ4v) is 4.64. The van der Waals surface area contributed by atoms with Gasteiger partial charge in [0.2, 0.25) is 11.8 Å². The van der Waals surface area contributed by atoms with E-state index < -0.39 is 0 Å². The predicted octanol–water partition coefficient (Wildman–Crippen LogP) is 6.20. The lowest BCUT2D eigenvalue weighted by molar-refractivity contribution is 0.408.